The maximum atomic E-state index is 14.0. The predicted molar refractivity (Wildman–Crippen MR) is 91.1 cm³/mol. The Morgan fingerprint density at radius 3 is 2.30 bits per heavy atom. The van der Waals surface area contributed by atoms with Crippen LogP contribution in [-0.2, 0) is 12.7 Å². The van der Waals surface area contributed by atoms with Crippen molar-refractivity contribution in [2.75, 3.05) is 27.2 Å². The van der Waals surface area contributed by atoms with Crippen molar-refractivity contribution in [3.63, 3.8) is 0 Å². The molecule has 2 aromatic carbocycles. The van der Waals surface area contributed by atoms with Gasteiger partial charge in [0.2, 0.25) is 0 Å². The van der Waals surface area contributed by atoms with Gasteiger partial charge >= 0.3 is 6.18 Å². The second-order valence-electron chi connectivity index (χ2n) is 6.33. The summed E-state index contributed by atoms with van der Waals surface area (Å²) in [7, 11) is 3.52. The molecule has 2 rings (SSSR count). The molecule has 8 heteroatoms. The van der Waals surface area contributed by atoms with Crippen molar-refractivity contribution in [2.24, 2.45) is 0 Å². The van der Waals surface area contributed by atoms with E-state index in [2.05, 4.69) is 0 Å². The SMILES string of the molecule is CN(C)CCN(Cc1cccc(C(F)(F)F)c1)C(=O)c1cccc(F)c1F. The first-order valence-electron chi connectivity index (χ1n) is 8.13. The molecular formula is C19H19F5N2O. The molecule has 27 heavy (non-hydrogen) atoms. The van der Waals surface area contributed by atoms with Crippen LogP contribution in [0.4, 0.5) is 22.0 Å². The fraction of sp³-hybridized carbons (Fsp3) is 0.316. The summed E-state index contributed by atoms with van der Waals surface area (Å²) in [6.07, 6.45) is -4.51. The number of halogens is 5. The summed E-state index contributed by atoms with van der Waals surface area (Å²) in [6.45, 7) is 0.381. The van der Waals surface area contributed by atoms with Gasteiger partial charge in [-0.3, -0.25) is 4.79 Å². The number of carbonyl (C=O) groups is 1. The smallest absolute Gasteiger partial charge is 0.333 e. The first-order valence-corrected chi connectivity index (χ1v) is 8.13. The molecule has 0 spiro atoms. The maximum Gasteiger partial charge on any atom is 0.416 e. The van der Waals surface area contributed by atoms with Gasteiger partial charge in [-0.2, -0.15) is 13.2 Å². The van der Waals surface area contributed by atoms with Crippen molar-refractivity contribution in [3.8, 4) is 0 Å². The zero-order chi connectivity index (χ0) is 20.2. The fourth-order valence-corrected chi connectivity index (χ4v) is 2.48. The number of hydrogen-bond acceptors (Lipinski definition) is 2. The molecule has 0 aromatic heterocycles. The molecule has 0 bridgehead atoms. The van der Waals surface area contributed by atoms with Crippen LogP contribution in [-0.4, -0.2) is 42.9 Å². The topological polar surface area (TPSA) is 23.6 Å². The quantitative estimate of drug-likeness (QED) is 0.696. The average molecular weight is 386 g/mol. The van der Waals surface area contributed by atoms with Gasteiger partial charge in [0.15, 0.2) is 11.6 Å². The summed E-state index contributed by atoms with van der Waals surface area (Å²) in [5.41, 5.74) is -1.05. The Morgan fingerprint density at radius 2 is 1.67 bits per heavy atom. The van der Waals surface area contributed by atoms with E-state index in [1.165, 1.54) is 23.1 Å². The van der Waals surface area contributed by atoms with Crippen LogP contribution in [0.1, 0.15) is 21.5 Å². The van der Waals surface area contributed by atoms with Crippen molar-refractivity contribution in [1.29, 1.82) is 0 Å². The van der Waals surface area contributed by atoms with E-state index in [4.69, 9.17) is 0 Å². The highest BCUT2D eigenvalue weighted by Gasteiger charge is 2.30. The molecule has 0 atom stereocenters. The monoisotopic (exact) mass is 386 g/mol. The van der Waals surface area contributed by atoms with Crippen molar-refractivity contribution in [2.45, 2.75) is 12.7 Å². The Balaban J connectivity index is 2.32. The average Bonchev–Trinajstić information content (AvgIpc) is 2.60. The molecule has 0 fully saturated rings. The number of amides is 1. The minimum atomic E-state index is -4.51. The molecule has 2 aromatic rings. The van der Waals surface area contributed by atoms with Crippen LogP contribution in [0, 0.1) is 11.6 Å². The third kappa shape index (κ3) is 5.50. The molecule has 0 radical (unpaired) electrons. The Hall–Kier alpha value is -2.48. The van der Waals surface area contributed by atoms with E-state index in [0.29, 0.717) is 6.54 Å². The third-order valence-electron chi connectivity index (χ3n) is 3.91. The predicted octanol–water partition coefficient (Wildman–Crippen LogP) is 4.19. The molecule has 0 unspecified atom stereocenters. The van der Waals surface area contributed by atoms with Gasteiger partial charge in [0.05, 0.1) is 11.1 Å². The number of hydrogen-bond donors (Lipinski definition) is 0. The Bertz CT molecular complexity index is 805. The molecule has 3 nitrogen and oxygen atoms in total. The van der Waals surface area contributed by atoms with Crippen molar-refractivity contribution in [3.05, 3.63) is 70.8 Å². The van der Waals surface area contributed by atoms with Crippen LogP contribution in [0.5, 0.6) is 0 Å². The van der Waals surface area contributed by atoms with E-state index in [9.17, 15) is 26.7 Å². The van der Waals surface area contributed by atoms with Crippen LogP contribution in [0.3, 0.4) is 0 Å². The minimum absolute atomic E-state index is 0.137. The van der Waals surface area contributed by atoms with Crippen LogP contribution in [0.25, 0.3) is 0 Å². The van der Waals surface area contributed by atoms with Crippen LogP contribution in [0.15, 0.2) is 42.5 Å². The zero-order valence-corrected chi connectivity index (χ0v) is 14.9. The second kappa shape index (κ2) is 8.47. The summed E-state index contributed by atoms with van der Waals surface area (Å²) in [5.74, 6) is -3.22. The third-order valence-corrected chi connectivity index (χ3v) is 3.91. The molecule has 0 aliphatic carbocycles. The molecule has 0 heterocycles. The largest absolute Gasteiger partial charge is 0.416 e. The molecule has 146 valence electrons. The summed E-state index contributed by atoms with van der Waals surface area (Å²) in [6, 6.07) is 7.82. The lowest BCUT2D eigenvalue weighted by atomic mass is 10.1. The molecule has 0 saturated heterocycles. The molecule has 0 N–H and O–H groups in total. The van der Waals surface area contributed by atoms with E-state index >= 15 is 0 Å². The number of alkyl halides is 3. The molecule has 0 aliphatic heterocycles. The van der Waals surface area contributed by atoms with Gasteiger partial charge in [0, 0.05) is 19.6 Å². The van der Waals surface area contributed by atoms with E-state index < -0.39 is 34.8 Å². The van der Waals surface area contributed by atoms with E-state index in [-0.39, 0.29) is 18.7 Å². The van der Waals surface area contributed by atoms with Gasteiger partial charge in [-0.05, 0) is 43.9 Å². The Labute approximate surface area is 154 Å². The lowest BCUT2D eigenvalue weighted by Gasteiger charge is -2.25. The summed E-state index contributed by atoms with van der Waals surface area (Å²) >= 11 is 0. The first kappa shape index (κ1) is 20.8. The van der Waals surface area contributed by atoms with Gasteiger partial charge in [0.1, 0.15) is 0 Å². The number of benzene rings is 2. The lowest BCUT2D eigenvalue weighted by molar-refractivity contribution is -0.137. The Kier molecular flexibility index (Phi) is 6.54. The second-order valence-corrected chi connectivity index (χ2v) is 6.33. The molecular weight excluding hydrogens is 367 g/mol. The first-order chi connectivity index (χ1) is 12.6. The summed E-state index contributed by atoms with van der Waals surface area (Å²) in [4.78, 5) is 15.7. The van der Waals surface area contributed by atoms with Gasteiger partial charge in [-0.15, -0.1) is 0 Å². The number of nitrogens with zero attached hydrogens (tertiary/aromatic N) is 2. The number of rotatable bonds is 6. The van der Waals surface area contributed by atoms with Crippen molar-refractivity contribution < 1.29 is 26.7 Å². The van der Waals surface area contributed by atoms with E-state index in [1.54, 1.807) is 19.0 Å². The molecule has 1 amide bonds. The fourth-order valence-electron chi connectivity index (χ4n) is 2.48. The van der Waals surface area contributed by atoms with Crippen molar-refractivity contribution in [1.82, 2.24) is 9.80 Å². The normalized spacial score (nSPS) is 11.7. The van der Waals surface area contributed by atoms with Gasteiger partial charge in [-0.25, -0.2) is 8.78 Å². The van der Waals surface area contributed by atoms with Gasteiger partial charge in [0.25, 0.3) is 5.91 Å². The maximum absolute atomic E-state index is 14.0. The number of likely N-dealkylation sites (N-methyl/N-ethyl adjacent to an activating group) is 1. The molecule has 0 aliphatic rings. The van der Waals surface area contributed by atoms with Crippen LogP contribution >= 0.6 is 0 Å². The zero-order valence-electron chi connectivity index (χ0n) is 14.9. The van der Waals surface area contributed by atoms with Gasteiger partial charge < -0.3 is 9.80 Å². The van der Waals surface area contributed by atoms with Crippen LogP contribution < -0.4 is 0 Å². The highest BCUT2D eigenvalue weighted by molar-refractivity contribution is 5.94. The summed E-state index contributed by atoms with van der Waals surface area (Å²) < 4.78 is 66.1. The number of carbonyl (C=O) groups excluding carboxylic acids is 1. The standard InChI is InChI=1S/C19H19F5N2O/c1-25(2)9-10-26(18(27)15-7-4-8-16(20)17(15)21)12-13-5-3-6-14(11-13)19(22,23)24/h3-8,11H,9-10,12H2,1-2H3. The van der Waals surface area contributed by atoms with E-state index in [0.717, 1.165) is 24.3 Å². The Morgan fingerprint density at radius 1 is 1.00 bits per heavy atom. The minimum Gasteiger partial charge on any atom is -0.333 e. The highest BCUT2D eigenvalue weighted by Crippen LogP contribution is 2.30. The lowest BCUT2D eigenvalue weighted by Crippen LogP contribution is -2.36. The highest BCUT2D eigenvalue weighted by atomic mass is 19.4. The van der Waals surface area contributed by atoms with E-state index in [1.807, 2.05) is 0 Å². The van der Waals surface area contributed by atoms with Crippen molar-refractivity contribution >= 4 is 5.91 Å². The summed E-state index contributed by atoms with van der Waals surface area (Å²) in [5, 5.41) is 0. The molecule has 0 saturated carbocycles. The van der Waals surface area contributed by atoms with Crippen LogP contribution in [0.2, 0.25) is 0 Å². The van der Waals surface area contributed by atoms with Gasteiger partial charge in [-0.1, -0.05) is 18.2 Å².